The van der Waals surface area contributed by atoms with Crippen LogP contribution in [-0.2, 0) is 4.74 Å². The van der Waals surface area contributed by atoms with Crippen LogP contribution < -0.4 is 4.74 Å². The summed E-state index contributed by atoms with van der Waals surface area (Å²) in [6.45, 7) is 5.23. The van der Waals surface area contributed by atoms with E-state index in [1.807, 2.05) is 13.8 Å². The highest BCUT2D eigenvalue weighted by atomic mass is 16.5. The second-order valence-electron chi connectivity index (χ2n) is 5.34. The van der Waals surface area contributed by atoms with Crippen molar-refractivity contribution in [1.82, 2.24) is 9.88 Å². The Balaban J connectivity index is 2.07. The number of aromatic nitrogens is 1. The molecule has 0 aliphatic carbocycles. The molecule has 2 rings (SSSR count). The summed E-state index contributed by atoms with van der Waals surface area (Å²) in [7, 11) is 1.79. The number of hydrogen-bond acceptors (Lipinski definition) is 4. The van der Waals surface area contributed by atoms with E-state index in [9.17, 15) is 4.79 Å². The first-order valence-corrected chi connectivity index (χ1v) is 7.06. The molecule has 1 saturated heterocycles. The van der Waals surface area contributed by atoms with E-state index in [1.165, 1.54) is 0 Å². The number of carbonyl (C=O) groups excluding carboxylic acids is 1. The van der Waals surface area contributed by atoms with Crippen molar-refractivity contribution in [3.05, 3.63) is 23.9 Å². The maximum absolute atomic E-state index is 12.5. The number of carbonyl (C=O) groups is 1. The van der Waals surface area contributed by atoms with Crippen molar-refractivity contribution in [3.8, 4) is 5.88 Å². The molecule has 0 N–H and O–H groups in total. The van der Waals surface area contributed by atoms with E-state index in [4.69, 9.17) is 9.47 Å². The summed E-state index contributed by atoms with van der Waals surface area (Å²) in [4.78, 5) is 18.3. The number of ether oxygens (including phenoxy) is 2. The lowest BCUT2D eigenvalue weighted by atomic mass is 10.2. The lowest BCUT2D eigenvalue weighted by molar-refractivity contribution is 0.0582. The summed E-state index contributed by atoms with van der Waals surface area (Å²) >= 11 is 0. The number of nitrogens with zero attached hydrogens (tertiary/aromatic N) is 2. The van der Waals surface area contributed by atoms with Crippen LogP contribution in [0.5, 0.6) is 5.88 Å². The fourth-order valence-corrected chi connectivity index (χ4v) is 2.25. The lowest BCUT2D eigenvalue weighted by Crippen LogP contribution is -2.34. The lowest BCUT2D eigenvalue weighted by Gasteiger charge is -2.22. The predicted octanol–water partition coefficient (Wildman–Crippen LogP) is 2.12. The third-order valence-electron chi connectivity index (χ3n) is 3.20. The molecule has 0 saturated carbocycles. The maximum Gasteiger partial charge on any atom is 0.259 e. The molecule has 0 spiro atoms. The van der Waals surface area contributed by atoms with Gasteiger partial charge in [0.05, 0.1) is 12.2 Å². The third kappa shape index (κ3) is 3.70. The van der Waals surface area contributed by atoms with Gasteiger partial charge in [0, 0.05) is 26.4 Å². The SMILES string of the molecule is CC(C)Oc1ncccc1C(=O)N(C)C[C@H]1CCCO1. The Kier molecular flexibility index (Phi) is 4.95. The molecule has 1 aliphatic rings. The van der Waals surface area contributed by atoms with Crippen molar-refractivity contribution in [3.63, 3.8) is 0 Å². The van der Waals surface area contributed by atoms with Crippen LogP contribution in [0.2, 0.25) is 0 Å². The van der Waals surface area contributed by atoms with Crippen LogP contribution in [0.15, 0.2) is 18.3 Å². The molecule has 1 amide bonds. The van der Waals surface area contributed by atoms with Gasteiger partial charge in [-0.25, -0.2) is 4.98 Å². The Hall–Kier alpha value is -1.62. The molecule has 1 aromatic rings. The molecular formula is C15H22N2O3. The zero-order valence-corrected chi connectivity index (χ0v) is 12.3. The second-order valence-corrected chi connectivity index (χ2v) is 5.34. The van der Waals surface area contributed by atoms with Gasteiger partial charge in [-0.2, -0.15) is 0 Å². The van der Waals surface area contributed by atoms with Gasteiger partial charge >= 0.3 is 0 Å². The average Bonchev–Trinajstić information content (AvgIpc) is 2.90. The Labute approximate surface area is 119 Å². The van der Waals surface area contributed by atoms with Crippen molar-refractivity contribution in [2.24, 2.45) is 0 Å². The molecule has 1 fully saturated rings. The maximum atomic E-state index is 12.5. The highest BCUT2D eigenvalue weighted by molar-refractivity contribution is 5.96. The topological polar surface area (TPSA) is 51.7 Å². The molecule has 2 heterocycles. The zero-order chi connectivity index (χ0) is 14.5. The minimum Gasteiger partial charge on any atom is -0.474 e. The molecule has 0 bridgehead atoms. The van der Waals surface area contributed by atoms with Crippen molar-refractivity contribution >= 4 is 5.91 Å². The molecule has 20 heavy (non-hydrogen) atoms. The van der Waals surface area contributed by atoms with E-state index in [0.717, 1.165) is 19.4 Å². The minimum atomic E-state index is -0.0794. The molecule has 5 nitrogen and oxygen atoms in total. The first kappa shape index (κ1) is 14.8. The van der Waals surface area contributed by atoms with Crippen LogP contribution >= 0.6 is 0 Å². The zero-order valence-electron chi connectivity index (χ0n) is 12.3. The second kappa shape index (κ2) is 6.70. The number of pyridine rings is 1. The molecule has 0 unspecified atom stereocenters. The summed E-state index contributed by atoms with van der Waals surface area (Å²) in [5.41, 5.74) is 0.502. The molecule has 1 aliphatic heterocycles. The average molecular weight is 278 g/mol. The highest BCUT2D eigenvalue weighted by Crippen LogP contribution is 2.19. The Bertz CT molecular complexity index is 456. The molecule has 0 radical (unpaired) electrons. The number of rotatable bonds is 5. The Morgan fingerprint density at radius 1 is 1.60 bits per heavy atom. The van der Waals surface area contributed by atoms with Gasteiger partial charge in [0.2, 0.25) is 5.88 Å². The largest absolute Gasteiger partial charge is 0.474 e. The van der Waals surface area contributed by atoms with E-state index in [0.29, 0.717) is 18.0 Å². The van der Waals surface area contributed by atoms with Gasteiger partial charge in [0.25, 0.3) is 5.91 Å². The standard InChI is InChI=1S/C15H22N2O3/c1-11(2)20-14-13(7-4-8-16-14)15(18)17(3)10-12-6-5-9-19-12/h4,7-8,11-12H,5-6,9-10H2,1-3H3/t12-/m1/s1. The molecular weight excluding hydrogens is 256 g/mol. The minimum absolute atomic E-state index is 0.0140. The van der Waals surface area contributed by atoms with Gasteiger partial charge in [-0.05, 0) is 38.8 Å². The van der Waals surface area contributed by atoms with Crippen LogP contribution in [0.25, 0.3) is 0 Å². The Morgan fingerprint density at radius 2 is 2.40 bits per heavy atom. The van der Waals surface area contributed by atoms with Gasteiger partial charge in [-0.1, -0.05) is 0 Å². The summed E-state index contributed by atoms with van der Waals surface area (Å²) in [6.07, 6.45) is 3.85. The number of likely N-dealkylation sites (N-methyl/N-ethyl adjacent to an activating group) is 1. The van der Waals surface area contributed by atoms with Gasteiger partial charge < -0.3 is 14.4 Å². The van der Waals surface area contributed by atoms with Crippen molar-refractivity contribution in [2.45, 2.75) is 38.9 Å². The van der Waals surface area contributed by atoms with E-state index in [-0.39, 0.29) is 18.1 Å². The fraction of sp³-hybridized carbons (Fsp3) is 0.600. The molecule has 0 aromatic carbocycles. The van der Waals surface area contributed by atoms with Crippen LogP contribution in [0, 0.1) is 0 Å². The van der Waals surface area contributed by atoms with Gasteiger partial charge in [-0.15, -0.1) is 0 Å². The van der Waals surface area contributed by atoms with E-state index in [1.54, 1.807) is 30.3 Å². The highest BCUT2D eigenvalue weighted by Gasteiger charge is 2.23. The summed E-state index contributed by atoms with van der Waals surface area (Å²) in [5, 5.41) is 0. The van der Waals surface area contributed by atoms with Crippen LogP contribution in [0.4, 0.5) is 0 Å². The molecule has 1 aromatic heterocycles. The fourth-order valence-electron chi connectivity index (χ4n) is 2.25. The van der Waals surface area contributed by atoms with E-state index >= 15 is 0 Å². The Morgan fingerprint density at radius 3 is 3.05 bits per heavy atom. The monoisotopic (exact) mass is 278 g/mol. The van der Waals surface area contributed by atoms with Gasteiger partial charge in [0.15, 0.2) is 0 Å². The van der Waals surface area contributed by atoms with Crippen LogP contribution in [0.1, 0.15) is 37.0 Å². The van der Waals surface area contributed by atoms with Crippen molar-refractivity contribution < 1.29 is 14.3 Å². The quantitative estimate of drug-likeness (QED) is 0.828. The van der Waals surface area contributed by atoms with Crippen LogP contribution in [-0.4, -0.2) is 48.2 Å². The molecule has 1 atom stereocenters. The third-order valence-corrected chi connectivity index (χ3v) is 3.20. The number of amides is 1. The van der Waals surface area contributed by atoms with E-state index in [2.05, 4.69) is 4.98 Å². The predicted molar refractivity (Wildman–Crippen MR) is 75.9 cm³/mol. The van der Waals surface area contributed by atoms with E-state index < -0.39 is 0 Å². The summed E-state index contributed by atoms with van der Waals surface area (Å²) in [5.74, 6) is 0.316. The molecule has 110 valence electrons. The van der Waals surface area contributed by atoms with Crippen molar-refractivity contribution in [1.29, 1.82) is 0 Å². The van der Waals surface area contributed by atoms with Crippen LogP contribution in [0.3, 0.4) is 0 Å². The first-order valence-electron chi connectivity index (χ1n) is 7.06. The van der Waals surface area contributed by atoms with Gasteiger partial charge in [0.1, 0.15) is 5.56 Å². The summed E-state index contributed by atoms with van der Waals surface area (Å²) < 4.78 is 11.2. The normalized spacial score (nSPS) is 18.3. The summed E-state index contributed by atoms with van der Waals surface area (Å²) in [6, 6.07) is 3.50. The van der Waals surface area contributed by atoms with Crippen molar-refractivity contribution in [2.75, 3.05) is 20.2 Å². The molecule has 5 heteroatoms. The smallest absolute Gasteiger partial charge is 0.259 e. The van der Waals surface area contributed by atoms with Gasteiger partial charge in [-0.3, -0.25) is 4.79 Å². The number of hydrogen-bond donors (Lipinski definition) is 0. The first-order chi connectivity index (χ1) is 9.58.